The van der Waals surface area contributed by atoms with E-state index in [1.165, 1.54) is 11.0 Å². The zero-order chi connectivity index (χ0) is 10.8. The van der Waals surface area contributed by atoms with Crippen LogP contribution in [0.1, 0.15) is 15.9 Å². The molecule has 15 heavy (non-hydrogen) atoms. The first-order valence-electron chi connectivity index (χ1n) is 4.26. The zero-order valence-electron chi connectivity index (χ0n) is 7.95. The largest absolute Gasteiger partial charge is 0.478 e. The average molecular weight is 204 g/mol. The number of aromatic nitrogens is 4. The molecular formula is C9H8N4O2. The van der Waals surface area contributed by atoms with Gasteiger partial charge in [-0.3, -0.25) is 0 Å². The maximum atomic E-state index is 10.9. The summed E-state index contributed by atoms with van der Waals surface area (Å²) in [5, 5.41) is 19.6. The third kappa shape index (κ3) is 1.56. The monoisotopic (exact) mass is 204 g/mol. The molecule has 6 heteroatoms. The number of carboxylic acid groups (broad SMARTS) is 1. The highest BCUT2D eigenvalue weighted by Gasteiger charge is 2.11. The van der Waals surface area contributed by atoms with Crippen LogP contribution >= 0.6 is 0 Å². The average Bonchev–Trinajstić information content (AvgIpc) is 2.70. The Bertz CT molecular complexity index is 493. The van der Waals surface area contributed by atoms with Gasteiger partial charge in [0.2, 0.25) is 0 Å². The highest BCUT2D eigenvalue weighted by Crippen LogP contribution is 2.16. The molecule has 0 radical (unpaired) electrons. The molecule has 0 aliphatic heterocycles. The number of rotatable bonds is 2. The van der Waals surface area contributed by atoms with E-state index in [4.69, 9.17) is 5.11 Å². The number of tetrazole rings is 1. The summed E-state index contributed by atoms with van der Waals surface area (Å²) in [6.07, 6.45) is 1.42. The lowest BCUT2D eigenvalue weighted by Crippen LogP contribution is -2.05. The van der Waals surface area contributed by atoms with Crippen molar-refractivity contribution in [3.8, 4) is 5.69 Å². The van der Waals surface area contributed by atoms with Crippen LogP contribution in [0, 0.1) is 6.92 Å². The summed E-state index contributed by atoms with van der Waals surface area (Å²) < 4.78 is 1.43. The molecular weight excluding hydrogens is 196 g/mol. The molecule has 0 bridgehead atoms. The van der Waals surface area contributed by atoms with E-state index >= 15 is 0 Å². The van der Waals surface area contributed by atoms with Crippen LogP contribution in [0.4, 0.5) is 0 Å². The first kappa shape index (κ1) is 9.32. The minimum Gasteiger partial charge on any atom is -0.478 e. The van der Waals surface area contributed by atoms with Gasteiger partial charge in [0.05, 0.1) is 11.3 Å². The van der Waals surface area contributed by atoms with Gasteiger partial charge in [-0.15, -0.1) is 5.10 Å². The maximum Gasteiger partial charge on any atom is 0.336 e. The topological polar surface area (TPSA) is 80.9 Å². The van der Waals surface area contributed by atoms with Gasteiger partial charge in [-0.1, -0.05) is 6.07 Å². The lowest BCUT2D eigenvalue weighted by molar-refractivity contribution is 0.0696. The molecule has 2 aromatic rings. The summed E-state index contributed by atoms with van der Waals surface area (Å²) in [7, 11) is 0. The Balaban J connectivity index is 2.59. The van der Waals surface area contributed by atoms with Crippen molar-refractivity contribution in [3.63, 3.8) is 0 Å². The first-order valence-corrected chi connectivity index (χ1v) is 4.26. The van der Waals surface area contributed by atoms with Gasteiger partial charge in [0, 0.05) is 0 Å². The van der Waals surface area contributed by atoms with Gasteiger partial charge >= 0.3 is 5.97 Å². The Morgan fingerprint density at radius 1 is 1.47 bits per heavy atom. The summed E-state index contributed by atoms with van der Waals surface area (Å²) in [4.78, 5) is 10.9. The SMILES string of the molecule is Cc1c(C(=O)O)cccc1-n1cnnn1. The van der Waals surface area contributed by atoms with Gasteiger partial charge in [-0.05, 0) is 35.0 Å². The van der Waals surface area contributed by atoms with Crippen molar-refractivity contribution in [2.75, 3.05) is 0 Å². The van der Waals surface area contributed by atoms with Gasteiger partial charge < -0.3 is 5.11 Å². The highest BCUT2D eigenvalue weighted by molar-refractivity contribution is 5.90. The number of nitrogens with zero attached hydrogens (tertiary/aromatic N) is 4. The van der Waals surface area contributed by atoms with Crippen LogP contribution in [0.25, 0.3) is 5.69 Å². The van der Waals surface area contributed by atoms with Gasteiger partial charge in [0.25, 0.3) is 0 Å². The van der Waals surface area contributed by atoms with E-state index in [9.17, 15) is 4.79 Å². The van der Waals surface area contributed by atoms with E-state index in [0.29, 0.717) is 11.3 Å². The van der Waals surface area contributed by atoms with E-state index in [1.807, 2.05) is 0 Å². The summed E-state index contributed by atoms with van der Waals surface area (Å²) in [6, 6.07) is 4.97. The molecule has 2 rings (SSSR count). The lowest BCUT2D eigenvalue weighted by atomic mass is 10.1. The Morgan fingerprint density at radius 2 is 2.27 bits per heavy atom. The Kier molecular flexibility index (Phi) is 2.17. The van der Waals surface area contributed by atoms with Crippen LogP contribution in [-0.4, -0.2) is 31.3 Å². The fraction of sp³-hybridized carbons (Fsp3) is 0.111. The summed E-state index contributed by atoms with van der Waals surface area (Å²) in [5.41, 5.74) is 1.56. The molecule has 6 nitrogen and oxygen atoms in total. The second-order valence-electron chi connectivity index (χ2n) is 3.01. The first-order chi connectivity index (χ1) is 7.20. The quantitative estimate of drug-likeness (QED) is 0.777. The van der Waals surface area contributed by atoms with Crippen molar-refractivity contribution < 1.29 is 9.90 Å². The molecule has 1 aromatic heterocycles. The van der Waals surface area contributed by atoms with Crippen LogP contribution in [0.2, 0.25) is 0 Å². The van der Waals surface area contributed by atoms with Crippen molar-refractivity contribution >= 4 is 5.97 Å². The number of carboxylic acids is 1. The molecule has 0 aliphatic carbocycles. The Labute approximate surface area is 85.2 Å². The van der Waals surface area contributed by atoms with Crippen LogP contribution in [0.15, 0.2) is 24.5 Å². The fourth-order valence-electron chi connectivity index (χ4n) is 1.38. The molecule has 0 atom stereocenters. The zero-order valence-corrected chi connectivity index (χ0v) is 7.95. The highest BCUT2D eigenvalue weighted by atomic mass is 16.4. The molecule has 1 heterocycles. The standard InChI is InChI=1S/C9H8N4O2/c1-6-7(9(14)15)3-2-4-8(6)13-5-10-11-12-13/h2-5H,1H3,(H,14,15). The summed E-state index contributed by atoms with van der Waals surface area (Å²) in [6.45, 7) is 1.72. The second kappa shape index (κ2) is 3.49. The molecule has 0 aliphatic rings. The number of carbonyl (C=O) groups is 1. The van der Waals surface area contributed by atoms with Crippen LogP contribution < -0.4 is 0 Å². The third-order valence-corrected chi connectivity index (χ3v) is 2.13. The molecule has 0 unspecified atom stereocenters. The Morgan fingerprint density at radius 3 is 2.87 bits per heavy atom. The lowest BCUT2D eigenvalue weighted by Gasteiger charge is -2.06. The molecule has 0 saturated heterocycles. The summed E-state index contributed by atoms with van der Waals surface area (Å²) in [5.74, 6) is -0.956. The van der Waals surface area contributed by atoms with Crippen molar-refractivity contribution in [1.29, 1.82) is 0 Å². The predicted molar refractivity (Wildman–Crippen MR) is 50.9 cm³/mol. The van der Waals surface area contributed by atoms with Crippen LogP contribution in [-0.2, 0) is 0 Å². The second-order valence-corrected chi connectivity index (χ2v) is 3.01. The number of aromatic carboxylic acids is 1. The van der Waals surface area contributed by atoms with Gasteiger partial charge in [0.15, 0.2) is 0 Å². The molecule has 0 fully saturated rings. The molecule has 76 valence electrons. The summed E-state index contributed by atoms with van der Waals surface area (Å²) >= 11 is 0. The van der Waals surface area contributed by atoms with E-state index < -0.39 is 5.97 Å². The van der Waals surface area contributed by atoms with E-state index in [1.54, 1.807) is 25.1 Å². The van der Waals surface area contributed by atoms with Gasteiger partial charge in [0.1, 0.15) is 6.33 Å². The van der Waals surface area contributed by atoms with Crippen LogP contribution in [0.3, 0.4) is 0 Å². The van der Waals surface area contributed by atoms with Crippen molar-refractivity contribution in [2.45, 2.75) is 6.92 Å². The van der Waals surface area contributed by atoms with Gasteiger partial charge in [-0.25, -0.2) is 9.48 Å². The van der Waals surface area contributed by atoms with Crippen LogP contribution in [0.5, 0.6) is 0 Å². The van der Waals surface area contributed by atoms with Gasteiger partial charge in [-0.2, -0.15) is 0 Å². The molecule has 0 saturated carbocycles. The van der Waals surface area contributed by atoms with Crippen molar-refractivity contribution in [1.82, 2.24) is 20.2 Å². The molecule has 0 amide bonds. The van der Waals surface area contributed by atoms with E-state index in [0.717, 1.165) is 0 Å². The molecule has 1 aromatic carbocycles. The Hall–Kier alpha value is -2.24. The minimum atomic E-state index is -0.956. The number of hydrogen-bond donors (Lipinski definition) is 1. The normalized spacial score (nSPS) is 10.2. The predicted octanol–water partition coefficient (Wildman–Crippen LogP) is 0.669. The van der Waals surface area contributed by atoms with Crippen molar-refractivity contribution in [3.05, 3.63) is 35.7 Å². The van der Waals surface area contributed by atoms with E-state index in [2.05, 4.69) is 15.5 Å². The molecule has 1 N–H and O–H groups in total. The number of hydrogen-bond acceptors (Lipinski definition) is 4. The molecule has 0 spiro atoms. The minimum absolute atomic E-state index is 0.253. The fourth-order valence-corrected chi connectivity index (χ4v) is 1.38. The smallest absolute Gasteiger partial charge is 0.336 e. The number of benzene rings is 1. The third-order valence-electron chi connectivity index (χ3n) is 2.13. The maximum absolute atomic E-state index is 10.9. The van der Waals surface area contributed by atoms with E-state index in [-0.39, 0.29) is 5.56 Å². The van der Waals surface area contributed by atoms with Crippen molar-refractivity contribution in [2.24, 2.45) is 0 Å².